The van der Waals surface area contributed by atoms with Crippen LogP contribution in [0, 0.1) is 0 Å². The molecule has 1 aromatic rings. The van der Waals surface area contributed by atoms with Crippen molar-refractivity contribution in [2.24, 2.45) is 5.73 Å². The fourth-order valence-electron chi connectivity index (χ4n) is 2.97. The number of ether oxygens (including phenoxy) is 1. The molecular formula is C15H28N4O. The van der Waals surface area contributed by atoms with Crippen molar-refractivity contribution in [2.75, 3.05) is 25.2 Å². The summed E-state index contributed by atoms with van der Waals surface area (Å²) in [5, 5.41) is 0. The van der Waals surface area contributed by atoms with E-state index in [-0.39, 0.29) is 0 Å². The Labute approximate surface area is 122 Å². The zero-order chi connectivity index (χ0) is 14.7. The number of aryl methyl sites for hydroxylation is 1. The molecule has 0 aliphatic carbocycles. The van der Waals surface area contributed by atoms with E-state index in [4.69, 9.17) is 15.5 Å². The van der Waals surface area contributed by atoms with E-state index in [1.807, 2.05) is 0 Å². The number of imidazole rings is 1. The van der Waals surface area contributed by atoms with E-state index in [2.05, 4.69) is 36.4 Å². The lowest BCUT2D eigenvalue weighted by Crippen LogP contribution is -2.46. The molecule has 114 valence electrons. The minimum absolute atomic E-state index is 0.297. The lowest BCUT2D eigenvalue weighted by molar-refractivity contribution is 0.162. The van der Waals surface area contributed by atoms with E-state index in [0.29, 0.717) is 24.7 Å². The van der Waals surface area contributed by atoms with Crippen LogP contribution in [0.2, 0.25) is 0 Å². The van der Waals surface area contributed by atoms with Crippen LogP contribution in [0.3, 0.4) is 0 Å². The standard InChI is InChI=1S/C15H28N4O/c1-5-14-9-19(12(3)10-20-4)15(17-14)18-7-6-13(16)8-11(18)2/h9,11-13H,5-8,10,16H2,1-4H3. The highest BCUT2D eigenvalue weighted by Crippen LogP contribution is 2.26. The monoisotopic (exact) mass is 280 g/mol. The van der Waals surface area contributed by atoms with Gasteiger partial charge in [0.2, 0.25) is 5.95 Å². The lowest BCUT2D eigenvalue weighted by Gasteiger charge is -2.37. The first-order valence-corrected chi connectivity index (χ1v) is 7.65. The van der Waals surface area contributed by atoms with Crippen molar-refractivity contribution >= 4 is 5.95 Å². The first kappa shape index (κ1) is 15.3. The van der Waals surface area contributed by atoms with Gasteiger partial charge in [-0.2, -0.15) is 0 Å². The third kappa shape index (κ3) is 3.15. The quantitative estimate of drug-likeness (QED) is 0.896. The van der Waals surface area contributed by atoms with Crippen LogP contribution in [0.1, 0.15) is 45.3 Å². The van der Waals surface area contributed by atoms with Crippen molar-refractivity contribution in [3.63, 3.8) is 0 Å². The average molecular weight is 280 g/mol. The topological polar surface area (TPSA) is 56.3 Å². The molecule has 1 saturated heterocycles. The molecule has 0 aromatic carbocycles. The number of anilines is 1. The fraction of sp³-hybridized carbons (Fsp3) is 0.800. The van der Waals surface area contributed by atoms with Gasteiger partial charge in [-0.1, -0.05) is 6.92 Å². The molecule has 2 rings (SSSR count). The highest BCUT2D eigenvalue weighted by atomic mass is 16.5. The van der Waals surface area contributed by atoms with Gasteiger partial charge < -0.3 is 19.9 Å². The van der Waals surface area contributed by atoms with Gasteiger partial charge in [0.05, 0.1) is 18.3 Å². The number of nitrogens with zero attached hydrogens (tertiary/aromatic N) is 3. The maximum Gasteiger partial charge on any atom is 0.206 e. The zero-order valence-electron chi connectivity index (χ0n) is 13.2. The van der Waals surface area contributed by atoms with Crippen LogP contribution in [0.4, 0.5) is 5.95 Å². The molecule has 1 fully saturated rings. The molecule has 0 radical (unpaired) electrons. The molecule has 2 heterocycles. The second kappa shape index (κ2) is 6.59. The number of aromatic nitrogens is 2. The third-order valence-electron chi connectivity index (χ3n) is 4.18. The molecule has 20 heavy (non-hydrogen) atoms. The van der Waals surface area contributed by atoms with Crippen molar-refractivity contribution in [3.05, 3.63) is 11.9 Å². The summed E-state index contributed by atoms with van der Waals surface area (Å²) in [6, 6.07) is 1.07. The number of methoxy groups -OCH3 is 1. The number of hydrogen-bond acceptors (Lipinski definition) is 4. The van der Waals surface area contributed by atoms with Crippen LogP contribution < -0.4 is 10.6 Å². The second-order valence-corrected chi connectivity index (χ2v) is 5.92. The highest BCUT2D eigenvalue weighted by molar-refractivity contribution is 5.37. The van der Waals surface area contributed by atoms with Crippen molar-refractivity contribution in [2.45, 2.75) is 58.2 Å². The molecular weight excluding hydrogens is 252 g/mol. The molecule has 0 saturated carbocycles. The van der Waals surface area contributed by atoms with Crippen molar-refractivity contribution in [1.82, 2.24) is 9.55 Å². The van der Waals surface area contributed by atoms with Gasteiger partial charge in [-0.3, -0.25) is 0 Å². The van der Waals surface area contributed by atoms with E-state index in [0.717, 1.165) is 37.4 Å². The molecule has 2 N–H and O–H groups in total. The molecule has 1 aliphatic heterocycles. The molecule has 5 nitrogen and oxygen atoms in total. The summed E-state index contributed by atoms with van der Waals surface area (Å²) in [6.07, 6.45) is 5.20. The lowest BCUT2D eigenvalue weighted by atomic mass is 10.00. The Morgan fingerprint density at radius 1 is 1.55 bits per heavy atom. The first-order chi connectivity index (χ1) is 9.56. The van der Waals surface area contributed by atoms with Crippen LogP contribution in [0.25, 0.3) is 0 Å². The van der Waals surface area contributed by atoms with E-state index in [1.165, 1.54) is 0 Å². The van der Waals surface area contributed by atoms with Gasteiger partial charge in [0, 0.05) is 31.9 Å². The number of piperidine rings is 1. The molecule has 0 amide bonds. The molecule has 3 unspecified atom stereocenters. The molecule has 1 aromatic heterocycles. The SMILES string of the molecule is CCc1cn(C(C)COC)c(N2CCC(N)CC2C)n1. The third-order valence-corrected chi connectivity index (χ3v) is 4.18. The Morgan fingerprint density at radius 3 is 2.90 bits per heavy atom. The van der Waals surface area contributed by atoms with Crippen molar-refractivity contribution in [3.8, 4) is 0 Å². The van der Waals surface area contributed by atoms with E-state index in [9.17, 15) is 0 Å². The van der Waals surface area contributed by atoms with E-state index < -0.39 is 0 Å². The van der Waals surface area contributed by atoms with E-state index >= 15 is 0 Å². The van der Waals surface area contributed by atoms with Crippen LogP contribution in [0.5, 0.6) is 0 Å². The zero-order valence-corrected chi connectivity index (χ0v) is 13.2. The molecule has 5 heteroatoms. The first-order valence-electron chi connectivity index (χ1n) is 7.65. The van der Waals surface area contributed by atoms with Crippen molar-refractivity contribution in [1.29, 1.82) is 0 Å². The molecule has 3 atom stereocenters. The maximum atomic E-state index is 6.07. The molecule has 1 aliphatic rings. The molecule has 0 spiro atoms. The van der Waals surface area contributed by atoms with Gasteiger partial charge in [0.15, 0.2) is 0 Å². The van der Waals surface area contributed by atoms with Crippen LogP contribution >= 0.6 is 0 Å². The van der Waals surface area contributed by atoms with Gasteiger partial charge in [0.1, 0.15) is 0 Å². The van der Waals surface area contributed by atoms with Gasteiger partial charge in [0.25, 0.3) is 0 Å². The summed E-state index contributed by atoms with van der Waals surface area (Å²) in [5.41, 5.74) is 7.21. The van der Waals surface area contributed by atoms with Gasteiger partial charge in [-0.05, 0) is 33.1 Å². The van der Waals surface area contributed by atoms with Gasteiger partial charge in [-0.25, -0.2) is 4.98 Å². The normalized spacial score (nSPS) is 24.9. The summed E-state index contributed by atoms with van der Waals surface area (Å²) in [4.78, 5) is 7.22. The number of nitrogens with two attached hydrogens (primary N) is 1. The van der Waals surface area contributed by atoms with Gasteiger partial charge >= 0.3 is 0 Å². The summed E-state index contributed by atoms with van der Waals surface area (Å²) in [5.74, 6) is 1.07. The highest BCUT2D eigenvalue weighted by Gasteiger charge is 2.27. The van der Waals surface area contributed by atoms with Crippen LogP contribution in [-0.4, -0.2) is 41.9 Å². The second-order valence-electron chi connectivity index (χ2n) is 5.92. The van der Waals surface area contributed by atoms with Gasteiger partial charge in [-0.15, -0.1) is 0 Å². The minimum atomic E-state index is 0.297. The summed E-state index contributed by atoms with van der Waals surface area (Å²) in [6.45, 7) is 8.25. The predicted octanol–water partition coefficient (Wildman–Crippen LogP) is 1.97. The van der Waals surface area contributed by atoms with Crippen LogP contribution in [-0.2, 0) is 11.2 Å². The smallest absolute Gasteiger partial charge is 0.206 e. The Bertz CT molecular complexity index is 432. The number of hydrogen-bond donors (Lipinski definition) is 1. The maximum absolute atomic E-state index is 6.07. The fourth-order valence-corrected chi connectivity index (χ4v) is 2.97. The minimum Gasteiger partial charge on any atom is -0.383 e. The summed E-state index contributed by atoms with van der Waals surface area (Å²) < 4.78 is 7.56. The van der Waals surface area contributed by atoms with E-state index in [1.54, 1.807) is 7.11 Å². The molecule has 0 bridgehead atoms. The Kier molecular flexibility index (Phi) is 5.05. The van der Waals surface area contributed by atoms with Crippen molar-refractivity contribution < 1.29 is 4.74 Å². The average Bonchev–Trinajstić information content (AvgIpc) is 2.83. The largest absolute Gasteiger partial charge is 0.383 e. The van der Waals surface area contributed by atoms with Crippen LogP contribution in [0.15, 0.2) is 6.20 Å². The summed E-state index contributed by atoms with van der Waals surface area (Å²) in [7, 11) is 1.75. The predicted molar refractivity (Wildman–Crippen MR) is 82.2 cm³/mol. The number of rotatable bonds is 5. The summed E-state index contributed by atoms with van der Waals surface area (Å²) >= 11 is 0. The Balaban J connectivity index is 2.27. The Morgan fingerprint density at radius 2 is 2.30 bits per heavy atom. The Hall–Kier alpha value is -1.07.